The summed E-state index contributed by atoms with van der Waals surface area (Å²) in [6, 6.07) is 1.85. The molecule has 1 saturated heterocycles. The van der Waals surface area contributed by atoms with E-state index in [1.165, 1.54) is 12.7 Å². The summed E-state index contributed by atoms with van der Waals surface area (Å²) in [7, 11) is 0. The summed E-state index contributed by atoms with van der Waals surface area (Å²) in [4.78, 5) is 10.5. The number of anilines is 1. The van der Waals surface area contributed by atoms with Gasteiger partial charge < -0.3 is 4.90 Å². The highest BCUT2D eigenvalue weighted by atomic mass is 35.5. The minimum absolute atomic E-state index is 0.468. The highest BCUT2D eigenvalue weighted by Gasteiger charge is 2.22. The van der Waals surface area contributed by atoms with Gasteiger partial charge in [0.25, 0.3) is 5.78 Å². The number of aromatic nitrogens is 4. The maximum atomic E-state index is 5.98. The van der Waals surface area contributed by atoms with Crippen LogP contribution < -0.4 is 4.90 Å². The van der Waals surface area contributed by atoms with E-state index in [1.54, 1.807) is 4.52 Å². The standard InChI is InChI=1S/C10H12ClN5/c1-7-2-3-15(5-7)9-4-8(11)14-10-12-6-13-16(9)10/h4,6-7H,2-3,5H2,1H3. The largest absolute Gasteiger partial charge is 0.356 e. The molecule has 6 heteroatoms. The van der Waals surface area contributed by atoms with E-state index in [2.05, 4.69) is 26.9 Å². The van der Waals surface area contributed by atoms with E-state index in [-0.39, 0.29) is 0 Å². The Balaban J connectivity index is 2.11. The lowest BCUT2D eigenvalue weighted by Gasteiger charge is -2.18. The fourth-order valence-corrected chi connectivity index (χ4v) is 2.31. The van der Waals surface area contributed by atoms with Gasteiger partial charge in [-0.15, -0.1) is 0 Å². The SMILES string of the molecule is CC1CCN(c2cc(Cl)nc3ncnn23)C1. The maximum Gasteiger partial charge on any atom is 0.255 e. The van der Waals surface area contributed by atoms with Crippen LogP contribution in [0.2, 0.25) is 5.15 Å². The van der Waals surface area contributed by atoms with Gasteiger partial charge >= 0.3 is 0 Å². The van der Waals surface area contributed by atoms with E-state index in [4.69, 9.17) is 11.6 Å². The predicted molar refractivity (Wildman–Crippen MR) is 61.8 cm³/mol. The lowest BCUT2D eigenvalue weighted by Crippen LogP contribution is -2.22. The van der Waals surface area contributed by atoms with Crippen LogP contribution in [-0.4, -0.2) is 32.7 Å². The van der Waals surface area contributed by atoms with Gasteiger partial charge in [0, 0.05) is 19.2 Å². The fourth-order valence-electron chi connectivity index (χ4n) is 2.14. The molecule has 3 heterocycles. The molecule has 16 heavy (non-hydrogen) atoms. The molecule has 0 aromatic carbocycles. The lowest BCUT2D eigenvalue weighted by atomic mass is 10.2. The molecule has 2 aromatic rings. The summed E-state index contributed by atoms with van der Waals surface area (Å²) >= 11 is 5.98. The third-order valence-electron chi connectivity index (χ3n) is 2.95. The van der Waals surface area contributed by atoms with E-state index < -0.39 is 0 Å². The Morgan fingerprint density at radius 1 is 1.50 bits per heavy atom. The van der Waals surface area contributed by atoms with Gasteiger partial charge in [-0.3, -0.25) is 0 Å². The van der Waals surface area contributed by atoms with E-state index in [1.807, 2.05) is 6.07 Å². The van der Waals surface area contributed by atoms with Crippen molar-refractivity contribution < 1.29 is 0 Å². The van der Waals surface area contributed by atoms with Crippen molar-refractivity contribution in [1.29, 1.82) is 0 Å². The van der Waals surface area contributed by atoms with Crippen LogP contribution in [0.4, 0.5) is 5.82 Å². The molecule has 1 unspecified atom stereocenters. The molecule has 0 aliphatic carbocycles. The Kier molecular flexibility index (Phi) is 2.21. The Bertz CT molecular complexity index is 523. The monoisotopic (exact) mass is 237 g/mol. The minimum Gasteiger partial charge on any atom is -0.356 e. The Morgan fingerprint density at radius 3 is 3.12 bits per heavy atom. The Labute approximate surface area is 98.1 Å². The van der Waals surface area contributed by atoms with Crippen molar-refractivity contribution in [3.05, 3.63) is 17.5 Å². The van der Waals surface area contributed by atoms with Crippen molar-refractivity contribution in [2.24, 2.45) is 5.92 Å². The average molecular weight is 238 g/mol. The first-order valence-electron chi connectivity index (χ1n) is 5.35. The zero-order chi connectivity index (χ0) is 11.1. The van der Waals surface area contributed by atoms with Crippen LogP contribution in [0.5, 0.6) is 0 Å². The van der Waals surface area contributed by atoms with Crippen molar-refractivity contribution in [2.45, 2.75) is 13.3 Å². The minimum atomic E-state index is 0.468. The molecule has 1 aliphatic rings. The molecular weight excluding hydrogens is 226 g/mol. The molecule has 84 valence electrons. The number of fused-ring (bicyclic) bond motifs is 1. The molecule has 1 aliphatic heterocycles. The number of nitrogens with zero attached hydrogens (tertiary/aromatic N) is 5. The predicted octanol–water partition coefficient (Wildman–Crippen LogP) is 1.62. The third kappa shape index (κ3) is 1.51. The van der Waals surface area contributed by atoms with Crippen molar-refractivity contribution in [1.82, 2.24) is 19.6 Å². The summed E-state index contributed by atoms with van der Waals surface area (Å²) in [5.41, 5.74) is 0. The Hall–Kier alpha value is -1.36. The van der Waals surface area contributed by atoms with Gasteiger partial charge in [-0.1, -0.05) is 18.5 Å². The molecule has 3 rings (SSSR count). The molecule has 1 atom stereocenters. The molecule has 0 saturated carbocycles. The second-order valence-electron chi connectivity index (χ2n) is 4.25. The van der Waals surface area contributed by atoms with Gasteiger partial charge in [-0.25, -0.2) is 0 Å². The molecule has 2 aromatic heterocycles. The van der Waals surface area contributed by atoms with Gasteiger partial charge in [-0.2, -0.15) is 19.6 Å². The summed E-state index contributed by atoms with van der Waals surface area (Å²) in [6.07, 6.45) is 2.71. The van der Waals surface area contributed by atoms with Crippen LogP contribution in [0.15, 0.2) is 12.4 Å². The number of hydrogen-bond donors (Lipinski definition) is 0. The van der Waals surface area contributed by atoms with Crippen molar-refractivity contribution in [2.75, 3.05) is 18.0 Å². The number of halogens is 1. The van der Waals surface area contributed by atoms with Gasteiger partial charge in [-0.05, 0) is 12.3 Å². The van der Waals surface area contributed by atoms with Crippen LogP contribution in [0, 0.1) is 5.92 Å². The molecule has 0 spiro atoms. The van der Waals surface area contributed by atoms with Crippen LogP contribution in [0.3, 0.4) is 0 Å². The Morgan fingerprint density at radius 2 is 2.38 bits per heavy atom. The molecule has 5 nitrogen and oxygen atoms in total. The van der Waals surface area contributed by atoms with Crippen LogP contribution in [0.25, 0.3) is 5.78 Å². The zero-order valence-corrected chi connectivity index (χ0v) is 9.72. The van der Waals surface area contributed by atoms with Crippen LogP contribution in [0.1, 0.15) is 13.3 Å². The van der Waals surface area contributed by atoms with Crippen molar-refractivity contribution in [3.8, 4) is 0 Å². The first-order chi connectivity index (χ1) is 7.74. The van der Waals surface area contributed by atoms with E-state index in [0.29, 0.717) is 16.8 Å². The topological polar surface area (TPSA) is 46.3 Å². The molecule has 0 radical (unpaired) electrons. The average Bonchev–Trinajstić information content (AvgIpc) is 2.84. The molecule has 0 amide bonds. The van der Waals surface area contributed by atoms with Gasteiger partial charge in [0.05, 0.1) is 0 Å². The first-order valence-corrected chi connectivity index (χ1v) is 5.73. The lowest BCUT2D eigenvalue weighted by molar-refractivity contribution is 0.658. The number of hydrogen-bond acceptors (Lipinski definition) is 4. The fraction of sp³-hybridized carbons (Fsp3) is 0.500. The first kappa shape index (κ1) is 9.84. The smallest absolute Gasteiger partial charge is 0.255 e. The van der Waals surface area contributed by atoms with E-state index >= 15 is 0 Å². The highest BCUT2D eigenvalue weighted by Crippen LogP contribution is 2.25. The summed E-state index contributed by atoms with van der Waals surface area (Å²) in [5.74, 6) is 2.25. The van der Waals surface area contributed by atoms with E-state index in [0.717, 1.165) is 18.9 Å². The second kappa shape index (κ2) is 3.59. The summed E-state index contributed by atoms with van der Waals surface area (Å²) < 4.78 is 1.74. The van der Waals surface area contributed by atoms with Crippen molar-refractivity contribution >= 4 is 23.2 Å². The maximum absolute atomic E-state index is 5.98. The normalized spacial score (nSPS) is 20.9. The number of rotatable bonds is 1. The molecule has 1 fully saturated rings. The van der Waals surface area contributed by atoms with Gasteiger partial charge in [0.15, 0.2) is 0 Å². The third-order valence-corrected chi connectivity index (χ3v) is 3.14. The van der Waals surface area contributed by atoms with Gasteiger partial charge in [0.2, 0.25) is 0 Å². The van der Waals surface area contributed by atoms with Crippen LogP contribution in [-0.2, 0) is 0 Å². The highest BCUT2D eigenvalue weighted by molar-refractivity contribution is 6.29. The zero-order valence-electron chi connectivity index (χ0n) is 8.97. The molecular formula is C10H12ClN5. The van der Waals surface area contributed by atoms with E-state index in [9.17, 15) is 0 Å². The van der Waals surface area contributed by atoms with Gasteiger partial charge in [0.1, 0.15) is 17.3 Å². The summed E-state index contributed by atoms with van der Waals surface area (Å²) in [5, 5.41) is 4.64. The second-order valence-corrected chi connectivity index (χ2v) is 4.64. The van der Waals surface area contributed by atoms with Crippen LogP contribution >= 0.6 is 11.6 Å². The molecule has 0 bridgehead atoms. The summed E-state index contributed by atoms with van der Waals surface area (Å²) in [6.45, 7) is 4.33. The molecule has 0 N–H and O–H groups in total. The quantitative estimate of drug-likeness (QED) is 0.708. The van der Waals surface area contributed by atoms with Crippen molar-refractivity contribution in [3.63, 3.8) is 0 Å².